The van der Waals surface area contributed by atoms with Gasteiger partial charge in [-0.25, -0.2) is 0 Å². The number of hydrogen-bond donors (Lipinski definition) is 0. The summed E-state index contributed by atoms with van der Waals surface area (Å²) in [7, 11) is 1.64. The van der Waals surface area contributed by atoms with E-state index in [0.29, 0.717) is 6.61 Å². The van der Waals surface area contributed by atoms with Gasteiger partial charge in [-0.1, -0.05) is 34.1 Å². The summed E-state index contributed by atoms with van der Waals surface area (Å²) in [5.74, 6) is 1.56. The minimum absolute atomic E-state index is 0.641. The summed E-state index contributed by atoms with van der Waals surface area (Å²) in [5, 5.41) is 0.850. The molecule has 0 aliphatic heterocycles. The lowest BCUT2D eigenvalue weighted by Gasteiger charge is -2.09. The summed E-state index contributed by atoms with van der Waals surface area (Å²) < 4.78 is 10.7. The second-order valence-electron chi connectivity index (χ2n) is 2.90. The van der Waals surface area contributed by atoms with Gasteiger partial charge in [0.2, 0.25) is 0 Å². The number of allylic oxidation sites excluding steroid dienone is 1. The molecule has 0 radical (unpaired) electrons. The van der Waals surface area contributed by atoms with Crippen molar-refractivity contribution < 1.29 is 9.47 Å². The molecule has 0 aliphatic carbocycles. The van der Waals surface area contributed by atoms with Gasteiger partial charge in [0.15, 0.2) is 11.5 Å². The van der Waals surface area contributed by atoms with Gasteiger partial charge in [-0.3, -0.25) is 0 Å². The zero-order valence-electron chi connectivity index (χ0n) is 9.00. The number of methoxy groups -OCH3 is 1. The first kappa shape index (κ1) is 12.1. The van der Waals surface area contributed by atoms with Crippen molar-refractivity contribution in [1.29, 1.82) is 0 Å². The summed E-state index contributed by atoms with van der Waals surface area (Å²) >= 11 is 3.34. The molecule has 15 heavy (non-hydrogen) atoms. The molecule has 0 heterocycles. The van der Waals surface area contributed by atoms with E-state index in [1.807, 2.05) is 37.3 Å². The van der Waals surface area contributed by atoms with Gasteiger partial charge < -0.3 is 9.47 Å². The van der Waals surface area contributed by atoms with Gasteiger partial charge in [-0.15, -0.1) is 0 Å². The highest BCUT2D eigenvalue weighted by atomic mass is 79.9. The SMILES string of the molecule is CCOc1cc(C=CCBr)ccc1OC. The Morgan fingerprint density at radius 1 is 1.33 bits per heavy atom. The fraction of sp³-hybridized carbons (Fsp3) is 0.333. The van der Waals surface area contributed by atoms with E-state index in [9.17, 15) is 0 Å². The highest BCUT2D eigenvalue weighted by molar-refractivity contribution is 9.09. The van der Waals surface area contributed by atoms with E-state index in [2.05, 4.69) is 15.9 Å². The van der Waals surface area contributed by atoms with Crippen molar-refractivity contribution in [3.05, 3.63) is 29.8 Å². The maximum absolute atomic E-state index is 5.48. The fourth-order valence-electron chi connectivity index (χ4n) is 1.25. The summed E-state index contributed by atoms with van der Waals surface area (Å²) in [5.41, 5.74) is 1.11. The molecule has 82 valence electrons. The lowest BCUT2D eigenvalue weighted by atomic mass is 10.2. The van der Waals surface area contributed by atoms with Gasteiger partial charge in [0.25, 0.3) is 0 Å². The normalized spacial score (nSPS) is 10.6. The molecule has 0 unspecified atom stereocenters. The van der Waals surface area contributed by atoms with Crippen molar-refractivity contribution in [3.8, 4) is 11.5 Å². The molecule has 0 aromatic heterocycles. The first-order valence-electron chi connectivity index (χ1n) is 4.85. The van der Waals surface area contributed by atoms with Crippen LogP contribution in [-0.2, 0) is 0 Å². The molecule has 0 N–H and O–H groups in total. The van der Waals surface area contributed by atoms with E-state index >= 15 is 0 Å². The van der Waals surface area contributed by atoms with Crippen LogP contribution in [-0.4, -0.2) is 19.0 Å². The Bertz CT molecular complexity index is 334. The molecule has 0 spiro atoms. The number of rotatable bonds is 5. The summed E-state index contributed by atoms with van der Waals surface area (Å²) in [6.07, 6.45) is 4.08. The van der Waals surface area contributed by atoms with Crippen LogP contribution in [0.4, 0.5) is 0 Å². The number of halogens is 1. The minimum Gasteiger partial charge on any atom is -0.493 e. The van der Waals surface area contributed by atoms with Crippen molar-refractivity contribution in [3.63, 3.8) is 0 Å². The molecule has 0 bridgehead atoms. The second kappa shape index (κ2) is 6.51. The van der Waals surface area contributed by atoms with E-state index in [1.54, 1.807) is 7.11 Å². The van der Waals surface area contributed by atoms with E-state index < -0.39 is 0 Å². The van der Waals surface area contributed by atoms with Crippen LogP contribution in [0.2, 0.25) is 0 Å². The molecule has 1 rings (SSSR count). The molecule has 0 fully saturated rings. The van der Waals surface area contributed by atoms with Crippen LogP contribution in [0.1, 0.15) is 12.5 Å². The topological polar surface area (TPSA) is 18.5 Å². The summed E-state index contributed by atoms with van der Waals surface area (Å²) in [4.78, 5) is 0. The lowest BCUT2D eigenvalue weighted by Crippen LogP contribution is -1.95. The fourth-order valence-corrected chi connectivity index (χ4v) is 1.43. The molecule has 3 heteroatoms. The lowest BCUT2D eigenvalue weighted by molar-refractivity contribution is 0.311. The quantitative estimate of drug-likeness (QED) is 0.763. The Kier molecular flexibility index (Phi) is 5.26. The van der Waals surface area contributed by atoms with Crippen LogP contribution in [0.3, 0.4) is 0 Å². The Balaban J connectivity index is 2.93. The van der Waals surface area contributed by atoms with E-state index in [-0.39, 0.29) is 0 Å². The van der Waals surface area contributed by atoms with Crippen LogP contribution in [0.5, 0.6) is 11.5 Å². The number of ether oxygens (including phenoxy) is 2. The molecule has 0 saturated heterocycles. The molecule has 0 amide bonds. The molecule has 1 aromatic carbocycles. The molecular formula is C12H15BrO2. The highest BCUT2D eigenvalue weighted by Crippen LogP contribution is 2.28. The Morgan fingerprint density at radius 2 is 2.13 bits per heavy atom. The Morgan fingerprint density at radius 3 is 2.73 bits per heavy atom. The van der Waals surface area contributed by atoms with Crippen molar-refractivity contribution in [1.82, 2.24) is 0 Å². The zero-order chi connectivity index (χ0) is 11.1. The molecular weight excluding hydrogens is 256 g/mol. The predicted octanol–water partition coefficient (Wildman–Crippen LogP) is 3.50. The van der Waals surface area contributed by atoms with Crippen molar-refractivity contribution in [2.45, 2.75) is 6.92 Å². The van der Waals surface area contributed by atoms with Gasteiger partial charge in [0.05, 0.1) is 13.7 Å². The summed E-state index contributed by atoms with van der Waals surface area (Å²) in [6.45, 7) is 2.60. The van der Waals surface area contributed by atoms with Crippen molar-refractivity contribution in [2.75, 3.05) is 19.0 Å². The Labute approximate surface area is 99.0 Å². The highest BCUT2D eigenvalue weighted by Gasteiger charge is 2.03. The van der Waals surface area contributed by atoms with Gasteiger partial charge in [0.1, 0.15) is 0 Å². The van der Waals surface area contributed by atoms with E-state index in [1.165, 1.54) is 0 Å². The third-order valence-corrected chi connectivity index (χ3v) is 2.26. The van der Waals surface area contributed by atoms with Gasteiger partial charge >= 0.3 is 0 Å². The van der Waals surface area contributed by atoms with Crippen LogP contribution in [0.25, 0.3) is 6.08 Å². The van der Waals surface area contributed by atoms with E-state index in [4.69, 9.17) is 9.47 Å². The van der Waals surface area contributed by atoms with E-state index in [0.717, 1.165) is 22.4 Å². The maximum Gasteiger partial charge on any atom is 0.161 e. The summed E-state index contributed by atoms with van der Waals surface area (Å²) in [6, 6.07) is 5.89. The number of benzene rings is 1. The van der Waals surface area contributed by atoms with Gasteiger partial charge in [-0.2, -0.15) is 0 Å². The first-order valence-corrected chi connectivity index (χ1v) is 5.97. The largest absolute Gasteiger partial charge is 0.493 e. The van der Waals surface area contributed by atoms with Crippen molar-refractivity contribution in [2.24, 2.45) is 0 Å². The van der Waals surface area contributed by atoms with Crippen molar-refractivity contribution >= 4 is 22.0 Å². The van der Waals surface area contributed by atoms with Crippen LogP contribution in [0.15, 0.2) is 24.3 Å². The molecule has 0 saturated carbocycles. The van der Waals surface area contributed by atoms with Crippen LogP contribution >= 0.6 is 15.9 Å². The molecule has 0 aliphatic rings. The average Bonchev–Trinajstić information content (AvgIpc) is 2.27. The number of hydrogen-bond acceptors (Lipinski definition) is 2. The molecule has 2 nitrogen and oxygen atoms in total. The average molecular weight is 271 g/mol. The first-order chi connectivity index (χ1) is 7.31. The van der Waals surface area contributed by atoms with Gasteiger partial charge in [-0.05, 0) is 24.6 Å². The smallest absolute Gasteiger partial charge is 0.161 e. The number of alkyl halides is 1. The van der Waals surface area contributed by atoms with Crippen LogP contribution in [0, 0.1) is 0 Å². The second-order valence-corrected chi connectivity index (χ2v) is 3.55. The maximum atomic E-state index is 5.48. The zero-order valence-corrected chi connectivity index (χ0v) is 10.6. The standard InChI is InChI=1S/C12H15BrO2/c1-3-15-12-9-10(5-4-8-13)6-7-11(12)14-2/h4-7,9H,3,8H2,1-2H3. The Hall–Kier alpha value is -0.960. The van der Waals surface area contributed by atoms with Crippen LogP contribution < -0.4 is 9.47 Å². The molecule has 1 aromatic rings. The van der Waals surface area contributed by atoms with Gasteiger partial charge in [0, 0.05) is 5.33 Å². The third-order valence-electron chi connectivity index (χ3n) is 1.89. The minimum atomic E-state index is 0.641. The predicted molar refractivity (Wildman–Crippen MR) is 67.0 cm³/mol. The molecule has 0 atom stereocenters. The third kappa shape index (κ3) is 3.59. The monoisotopic (exact) mass is 270 g/mol.